The standard InChI is InChI=1S/C11H15N3/c1-4-11(2,3)8-5-6-9-10(7-8)13-14-12-9/h5-7H,4H2,1-3H3,(H,12,13,14). The molecule has 0 fully saturated rings. The lowest BCUT2D eigenvalue weighted by molar-refractivity contribution is 0.507. The molecule has 2 aromatic rings. The van der Waals surface area contributed by atoms with E-state index in [0.717, 1.165) is 17.5 Å². The van der Waals surface area contributed by atoms with Gasteiger partial charge in [-0.25, -0.2) is 0 Å². The van der Waals surface area contributed by atoms with Gasteiger partial charge < -0.3 is 0 Å². The van der Waals surface area contributed by atoms with E-state index in [2.05, 4.69) is 48.3 Å². The van der Waals surface area contributed by atoms with E-state index in [1.54, 1.807) is 0 Å². The summed E-state index contributed by atoms with van der Waals surface area (Å²) >= 11 is 0. The number of rotatable bonds is 2. The summed E-state index contributed by atoms with van der Waals surface area (Å²) in [4.78, 5) is 0. The fourth-order valence-electron chi connectivity index (χ4n) is 1.47. The molecule has 0 radical (unpaired) electrons. The summed E-state index contributed by atoms with van der Waals surface area (Å²) in [5.41, 5.74) is 3.48. The number of nitrogens with zero attached hydrogens (tertiary/aromatic N) is 2. The maximum Gasteiger partial charge on any atom is 0.113 e. The van der Waals surface area contributed by atoms with Crippen molar-refractivity contribution in [1.29, 1.82) is 0 Å². The molecule has 14 heavy (non-hydrogen) atoms. The van der Waals surface area contributed by atoms with Gasteiger partial charge in [0.25, 0.3) is 0 Å². The van der Waals surface area contributed by atoms with Crippen molar-refractivity contribution in [2.45, 2.75) is 32.6 Å². The predicted octanol–water partition coefficient (Wildman–Crippen LogP) is 2.65. The van der Waals surface area contributed by atoms with Crippen LogP contribution in [0.15, 0.2) is 18.2 Å². The van der Waals surface area contributed by atoms with E-state index in [1.165, 1.54) is 5.56 Å². The van der Waals surface area contributed by atoms with Gasteiger partial charge in [0.05, 0.1) is 5.52 Å². The third-order valence-corrected chi connectivity index (χ3v) is 2.99. The molecule has 0 amide bonds. The maximum atomic E-state index is 4.02. The van der Waals surface area contributed by atoms with Gasteiger partial charge in [-0.3, -0.25) is 5.10 Å². The summed E-state index contributed by atoms with van der Waals surface area (Å²) in [5, 5.41) is 10.7. The molecule has 0 saturated heterocycles. The lowest BCUT2D eigenvalue weighted by Gasteiger charge is -2.22. The lowest BCUT2D eigenvalue weighted by atomic mass is 9.82. The number of hydrogen-bond donors (Lipinski definition) is 1. The summed E-state index contributed by atoms with van der Waals surface area (Å²) in [6.07, 6.45) is 1.12. The molecular formula is C11H15N3. The fourth-order valence-corrected chi connectivity index (χ4v) is 1.47. The van der Waals surface area contributed by atoms with Crippen LogP contribution in [0.25, 0.3) is 11.0 Å². The van der Waals surface area contributed by atoms with Crippen molar-refractivity contribution in [2.24, 2.45) is 0 Å². The Labute approximate surface area is 83.5 Å². The molecule has 1 heterocycles. The molecule has 0 atom stereocenters. The Morgan fingerprint density at radius 3 is 2.86 bits per heavy atom. The first-order valence-electron chi connectivity index (χ1n) is 4.95. The average molecular weight is 189 g/mol. The van der Waals surface area contributed by atoms with E-state index in [9.17, 15) is 0 Å². The van der Waals surface area contributed by atoms with Crippen molar-refractivity contribution in [3.63, 3.8) is 0 Å². The highest BCUT2D eigenvalue weighted by Crippen LogP contribution is 2.27. The van der Waals surface area contributed by atoms with Gasteiger partial charge in [-0.15, -0.1) is 5.10 Å². The van der Waals surface area contributed by atoms with Crippen LogP contribution in [-0.4, -0.2) is 15.4 Å². The molecule has 2 rings (SSSR count). The van der Waals surface area contributed by atoms with Gasteiger partial charge in [-0.2, -0.15) is 0 Å². The maximum absolute atomic E-state index is 4.02. The highest BCUT2D eigenvalue weighted by molar-refractivity contribution is 5.74. The number of aromatic nitrogens is 3. The van der Waals surface area contributed by atoms with Crippen LogP contribution < -0.4 is 0 Å². The molecule has 0 aliphatic carbocycles. The van der Waals surface area contributed by atoms with Crippen molar-refractivity contribution in [3.8, 4) is 0 Å². The van der Waals surface area contributed by atoms with Gasteiger partial charge in [0.15, 0.2) is 0 Å². The Kier molecular flexibility index (Phi) is 2.02. The minimum atomic E-state index is 0.215. The molecule has 0 unspecified atom stereocenters. The Morgan fingerprint density at radius 2 is 2.14 bits per heavy atom. The van der Waals surface area contributed by atoms with Crippen molar-refractivity contribution in [2.75, 3.05) is 0 Å². The number of benzene rings is 1. The van der Waals surface area contributed by atoms with E-state index in [0.29, 0.717) is 0 Å². The highest BCUT2D eigenvalue weighted by Gasteiger charge is 2.18. The molecule has 1 aromatic heterocycles. The van der Waals surface area contributed by atoms with E-state index in [-0.39, 0.29) is 5.41 Å². The van der Waals surface area contributed by atoms with Crippen LogP contribution in [0, 0.1) is 0 Å². The average Bonchev–Trinajstić information content (AvgIpc) is 2.64. The van der Waals surface area contributed by atoms with Crippen LogP contribution in [0.1, 0.15) is 32.8 Å². The largest absolute Gasteiger partial charge is 0.258 e. The van der Waals surface area contributed by atoms with Gasteiger partial charge in [-0.05, 0) is 29.5 Å². The summed E-state index contributed by atoms with van der Waals surface area (Å²) in [6, 6.07) is 6.30. The van der Waals surface area contributed by atoms with Crippen LogP contribution in [0.3, 0.4) is 0 Å². The quantitative estimate of drug-likeness (QED) is 0.789. The second-order valence-corrected chi connectivity index (χ2v) is 4.28. The molecule has 0 saturated carbocycles. The molecule has 0 spiro atoms. The SMILES string of the molecule is CCC(C)(C)c1ccc2[nH]nnc2c1. The van der Waals surface area contributed by atoms with Crippen LogP contribution >= 0.6 is 0 Å². The van der Waals surface area contributed by atoms with Crippen LogP contribution in [-0.2, 0) is 5.41 Å². The Morgan fingerprint density at radius 1 is 1.36 bits per heavy atom. The van der Waals surface area contributed by atoms with Gasteiger partial charge in [0.1, 0.15) is 5.52 Å². The third-order valence-electron chi connectivity index (χ3n) is 2.99. The smallest absolute Gasteiger partial charge is 0.113 e. The normalized spacial score (nSPS) is 12.2. The highest BCUT2D eigenvalue weighted by atomic mass is 15.3. The molecule has 3 heteroatoms. The summed E-state index contributed by atoms with van der Waals surface area (Å²) in [7, 11) is 0. The van der Waals surface area contributed by atoms with Crippen molar-refractivity contribution in [1.82, 2.24) is 15.4 Å². The third kappa shape index (κ3) is 1.39. The molecule has 1 N–H and O–H groups in total. The second-order valence-electron chi connectivity index (χ2n) is 4.28. The Bertz CT molecular complexity index is 442. The zero-order valence-electron chi connectivity index (χ0n) is 8.83. The number of hydrogen-bond acceptors (Lipinski definition) is 2. The van der Waals surface area contributed by atoms with Crippen molar-refractivity contribution in [3.05, 3.63) is 23.8 Å². The van der Waals surface area contributed by atoms with Crippen LogP contribution in [0.2, 0.25) is 0 Å². The zero-order valence-corrected chi connectivity index (χ0v) is 8.83. The first kappa shape index (κ1) is 9.19. The van der Waals surface area contributed by atoms with Crippen molar-refractivity contribution < 1.29 is 0 Å². The zero-order chi connectivity index (χ0) is 10.2. The number of H-pyrrole nitrogens is 1. The summed E-state index contributed by atoms with van der Waals surface area (Å²) < 4.78 is 0. The Hall–Kier alpha value is -1.38. The first-order valence-corrected chi connectivity index (χ1v) is 4.95. The molecule has 0 aliphatic rings. The molecule has 3 nitrogen and oxygen atoms in total. The fraction of sp³-hybridized carbons (Fsp3) is 0.455. The Balaban J connectivity index is 2.53. The second kappa shape index (κ2) is 3.08. The van der Waals surface area contributed by atoms with Gasteiger partial charge in [-0.1, -0.05) is 32.1 Å². The monoisotopic (exact) mass is 189 g/mol. The van der Waals surface area contributed by atoms with E-state index in [4.69, 9.17) is 0 Å². The predicted molar refractivity (Wildman–Crippen MR) is 57.2 cm³/mol. The molecule has 0 bridgehead atoms. The van der Waals surface area contributed by atoms with Crippen LogP contribution in [0.5, 0.6) is 0 Å². The summed E-state index contributed by atoms with van der Waals surface area (Å²) in [6.45, 7) is 6.69. The molecule has 0 aliphatic heterocycles. The molecular weight excluding hydrogens is 174 g/mol. The van der Waals surface area contributed by atoms with E-state index < -0.39 is 0 Å². The first-order chi connectivity index (χ1) is 6.63. The van der Waals surface area contributed by atoms with Crippen LogP contribution in [0.4, 0.5) is 0 Å². The summed E-state index contributed by atoms with van der Waals surface area (Å²) in [5.74, 6) is 0. The van der Waals surface area contributed by atoms with Gasteiger partial charge >= 0.3 is 0 Å². The molecule has 1 aromatic carbocycles. The van der Waals surface area contributed by atoms with Gasteiger partial charge in [0.2, 0.25) is 0 Å². The van der Waals surface area contributed by atoms with Gasteiger partial charge in [0, 0.05) is 0 Å². The topological polar surface area (TPSA) is 41.6 Å². The van der Waals surface area contributed by atoms with Crippen molar-refractivity contribution >= 4 is 11.0 Å². The van der Waals surface area contributed by atoms with E-state index in [1.807, 2.05) is 6.07 Å². The number of fused-ring (bicyclic) bond motifs is 1. The lowest BCUT2D eigenvalue weighted by Crippen LogP contribution is -2.15. The minimum absolute atomic E-state index is 0.215. The van der Waals surface area contributed by atoms with E-state index >= 15 is 0 Å². The minimum Gasteiger partial charge on any atom is -0.258 e. The molecule has 74 valence electrons. The number of nitrogens with one attached hydrogen (secondary N) is 1. The number of aromatic amines is 1.